The van der Waals surface area contributed by atoms with Crippen LogP contribution < -0.4 is 0 Å². The zero-order chi connectivity index (χ0) is 14.3. The van der Waals surface area contributed by atoms with Crippen molar-refractivity contribution in [2.24, 2.45) is 5.10 Å². The molecule has 2 heterocycles. The van der Waals surface area contributed by atoms with Crippen LogP contribution in [0.25, 0.3) is 0 Å². The Morgan fingerprint density at radius 3 is 2.68 bits per heavy atom. The third-order valence-electron chi connectivity index (χ3n) is 2.73. The molecule has 0 saturated heterocycles. The van der Waals surface area contributed by atoms with Gasteiger partial charge in [-0.3, -0.25) is 9.78 Å². The third-order valence-corrected chi connectivity index (χ3v) is 2.73. The van der Waals surface area contributed by atoms with Crippen LogP contribution in [-0.4, -0.2) is 32.9 Å². The Balaban J connectivity index is 2.45. The molecule has 8 heteroatoms. The van der Waals surface area contributed by atoms with Gasteiger partial charge in [0.1, 0.15) is 5.71 Å². The molecule has 1 aliphatic rings. The van der Waals surface area contributed by atoms with E-state index in [2.05, 4.69) is 10.1 Å². The van der Waals surface area contributed by atoms with Gasteiger partial charge < -0.3 is 5.11 Å². The second kappa shape index (κ2) is 4.30. The molecule has 1 atom stereocenters. The predicted octanol–water partition coefficient (Wildman–Crippen LogP) is 1.40. The van der Waals surface area contributed by atoms with Gasteiger partial charge in [-0.25, -0.2) is 0 Å². The second-order valence-electron chi connectivity index (χ2n) is 4.11. The normalized spacial score (nSPS) is 23.4. The summed E-state index contributed by atoms with van der Waals surface area (Å²) in [6, 6.07) is 2.84. The summed E-state index contributed by atoms with van der Waals surface area (Å²) in [5.74, 6) is -0.786. The molecule has 1 amide bonds. The predicted molar refractivity (Wildman–Crippen MR) is 58.8 cm³/mol. The molecule has 2 rings (SSSR count). The van der Waals surface area contributed by atoms with Crippen LogP contribution >= 0.6 is 0 Å². The Morgan fingerprint density at radius 1 is 1.53 bits per heavy atom. The van der Waals surface area contributed by atoms with E-state index in [4.69, 9.17) is 0 Å². The molecule has 1 aliphatic heterocycles. The number of hydrazone groups is 1. The van der Waals surface area contributed by atoms with Crippen LogP contribution in [0, 0.1) is 0 Å². The van der Waals surface area contributed by atoms with Crippen molar-refractivity contribution in [2.75, 3.05) is 0 Å². The zero-order valence-corrected chi connectivity index (χ0v) is 9.85. The van der Waals surface area contributed by atoms with Crippen molar-refractivity contribution in [1.82, 2.24) is 9.99 Å². The number of carbonyl (C=O) groups excluding carboxylic acids is 1. The topological polar surface area (TPSA) is 65.8 Å². The van der Waals surface area contributed by atoms with Gasteiger partial charge in [0.05, 0.1) is 6.42 Å². The minimum Gasteiger partial charge on any atom is -0.365 e. The van der Waals surface area contributed by atoms with Crippen LogP contribution in [-0.2, 0) is 10.5 Å². The first-order valence-corrected chi connectivity index (χ1v) is 5.33. The van der Waals surface area contributed by atoms with E-state index in [1.165, 1.54) is 24.5 Å². The SMILES string of the molecule is CC(=O)N1N=C(C(F)(F)F)C[C@@]1(O)c1cccnc1. The average molecular weight is 273 g/mol. The van der Waals surface area contributed by atoms with E-state index in [-0.39, 0.29) is 5.56 Å². The van der Waals surface area contributed by atoms with E-state index in [9.17, 15) is 23.1 Å². The molecule has 1 aromatic rings. The number of halogens is 3. The fraction of sp³-hybridized carbons (Fsp3) is 0.364. The van der Waals surface area contributed by atoms with Crippen molar-refractivity contribution in [1.29, 1.82) is 0 Å². The van der Waals surface area contributed by atoms with E-state index >= 15 is 0 Å². The highest BCUT2D eigenvalue weighted by atomic mass is 19.4. The summed E-state index contributed by atoms with van der Waals surface area (Å²) < 4.78 is 38.0. The number of nitrogens with zero attached hydrogens (tertiary/aromatic N) is 3. The van der Waals surface area contributed by atoms with Gasteiger partial charge in [-0.1, -0.05) is 6.07 Å². The van der Waals surface area contributed by atoms with E-state index in [1.807, 2.05) is 0 Å². The van der Waals surface area contributed by atoms with Gasteiger partial charge in [-0.15, -0.1) is 0 Å². The number of aromatic nitrogens is 1. The highest BCUT2D eigenvalue weighted by Crippen LogP contribution is 2.39. The fourth-order valence-corrected chi connectivity index (χ4v) is 1.86. The van der Waals surface area contributed by atoms with Crippen LogP contribution in [0.3, 0.4) is 0 Å². The highest BCUT2D eigenvalue weighted by molar-refractivity contribution is 5.94. The summed E-state index contributed by atoms with van der Waals surface area (Å²) in [5.41, 5.74) is -3.27. The van der Waals surface area contributed by atoms with Gasteiger partial charge in [0.15, 0.2) is 5.72 Å². The summed E-state index contributed by atoms with van der Waals surface area (Å²) in [4.78, 5) is 15.1. The molecule has 0 spiro atoms. The molecule has 0 aromatic carbocycles. The molecule has 0 radical (unpaired) electrons. The lowest BCUT2D eigenvalue weighted by Crippen LogP contribution is -2.42. The Hall–Kier alpha value is -1.96. The average Bonchev–Trinajstić information content (AvgIpc) is 2.70. The Kier molecular flexibility index (Phi) is 3.05. The van der Waals surface area contributed by atoms with Crippen molar-refractivity contribution in [3.63, 3.8) is 0 Å². The summed E-state index contributed by atoms with van der Waals surface area (Å²) in [6.45, 7) is 1.03. The van der Waals surface area contributed by atoms with Crippen molar-refractivity contribution in [3.8, 4) is 0 Å². The number of rotatable bonds is 1. The molecule has 0 saturated carbocycles. The first-order chi connectivity index (χ1) is 8.75. The van der Waals surface area contributed by atoms with Crippen LogP contribution in [0.1, 0.15) is 18.9 Å². The van der Waals surface area contributed by atoms with Gasteiger partial charge in [0.25, 0.3) is 0 Å². The maximum Gasteiger partial charge on any atom is 0.431 e. The fourth-order valence-electron chi connectivity index (χ4n) is 1.86. The molecule has 0 bridgehead atoms. The minimum atomic E-state index is -4.69. The largest absolute Gasteiger partial charge is 0.431 e. The van der Waals surface area contributed by atoms with Crippen molar-refractivity contribution in [2.45, 2.75) is 25.2 Å². The smallest absolute Gasteiger partial charge is 0.365 e. The highest BCUT2D eigenvalue weighted by Gasteiger charge is 2.52. The number of hydrogen-bond acceptors (Lipinski definition) is 4. The minimum absolute atomic E-state index is 0.0770. The summed E-state index contributed by atoms with van der Waals surface area (Å²) >= 11 is 0. The van der Waals surface area contributed by atoms with E-state index in [0.717, 1.165) is 6.92 Å². The van der Waals surface area contributed by atoms with E-state index in [1.54, 1.807) is 0 Å². The van der Waals surface area contributed by atoms with Gasteiger partial charge in [0, 0.05) is 24.9 Å². The van der Waals surface area contributed by atoms with Gasteiger partial charge >= 0.3 is 6.18 Å². The third kappa shape index (κ3) is 2.30. The zero-order valence-electron chi connectivity index (χ0n) is 9.85. The summed E-state index contributed by atoms with van der Waals surface area (Å²) in [6.07, 6.45) is -2.90. The van der Waals surface area contributed by atoms with Gasteiger partial charge in [-0.05, 0) is 6.07 Å². The van der Waals surface area contributed by atoms with Crippen LogP contribution in [0.15, 0.2) is 29.6 Å². The molecular formula is C11H10F3N3O2. The molecule has 19 heavy (non-hydrogen) atoms. The standard InChI is InChI=1S/C11H10F3N3O2/c1-7(18)17-10(19,8-3-2-4-15-6-8)5-9(16-17)11(12,13)14/h2-4,6,19H,5H2,1H3/t10-/m1/s1. The Morgan fingerprint density at radius 2 is 2.21 bits per heavy atom. The van der Waals surface area contributed by atoms with Crippen molar-refractivity contribution >= 4 is 11.6 Å². The quantitative estimate of drug-likeness (QED) is 0.841. The van der Waals surface area contributed by atoms with Crippen molar-refractivity contribution in [3.05, 3.63) is 30.1 Å². The lowest BCUT2D eigenvalue weighted by molar-refractivity contribution is -0.155. The molecule has 5 nitrogen and oxygen atoms in total. The molecule has 0 fully saturated rings. The molecular weight excluding hydrogens is 263 g/mol. The first-order valence-electron chi connectivity index (χ1n) is 5.33. The Bertz CT molecular complexity index is 530. The molecule has 102 valence electrons. The number of aliphatic hydroxyl groups is 1. The molecule has 0 aliphatic carbocycles. The first kappa shape index (κ1) is 13.5. The number of amides is 1. The van der Waals surface area contributed by atoms with Gasteiger partial charge in [0.2, 0.25) is 5.91 Å². The number of hydrogen-bond donors (Lipinski definition) is 1. The van der Waals surface area contributed by atoms with Crippen LogP contribution in [0.4, 0.5) is 13.2 Å². The van der Waals surface area contributed by atoms with E-state index in [0.29, 0.717) is 5.01 Å². The number of carbonyl (C=O) groups is 1. The lowest BCUT2D eigenvalue weighted by atomic mass is 9.99. The Labute approximate surface area is 106 Å². The lowest BCUT2D eigenvalue weighted by Gasteiger charge is -2.30. The monoisotopic (exact) mass is 273 g/mol. The number of pyridine rings is 1. The van der Waals surface area contributed by atoms with E-state index < -0.39 is 29.9 Å². The maximum atomic E-state index is 12.7. The molecule has 0 unspecified atom stereocenters. The van der Waals surface area contributed by atoms with Crippen LogP contribution in [0.5, 0.6) is 0 Å². The van der Waals surface area contributed by atoms with Crippen LogP contribution in [0.2, 0.25) is 0 Å². The number of alkyl halides is 3. The molecule has 1 aromatic heterocycles. The summed E-state index contributed by atoms with van der Waals surface area (Å²) in [7, 11) is 0. The summed E-state index contributed by atoms with van der Waals surface area (Å²) in [5, 5.41) is 14.0. The van der Waals surface area contributed by atoms with Crippen molar-refractivity contribution < 1.29 is 23.1 Å². The second-order valence-corrected chi connectivity index (χ2v) is 4.11. The van der Waals surface area contributed by atoms with Gasteiger partial charge in [-0.2, -0.15) is 23.3 Å². The maximum absolute atomic E-state index is 12.7. The molecule has 1 N–H and O–H groups in total.